The molecule has 10 nitrogen and oxygen atoms in total. The van der Waals surface area contributed by atoms with Crippen molar-refractivity contribution in [3.05, 3.63) is 158 Å². The van der Waals surface area contributed by atoms with Crippen LogP contribution in [0.25, 0.3) is 68.3 Å². The van der Waals surface area contributed by atoms with Gasteiger partial charge in [0.15, 0.2) is 57.9 Å². The van der Waals surface area contributed by atoms with Gasteiger partial charge in [0, 0.05) is 33.4 Å². The number of unbranched alkanes of at least 4 members (excludes halogenated alkanes) is 13. The maximum Gasteiger partial charge on any atom is 0.164 e. The summed E-state index contributed by atoms with van der Waals surface area (Å²) in [6.07, 6.45) is 16.8. The summed E-state index contributed by atoms with van der Waals surface area (Å²) in [5.74, 6) is 4.39. The van der Waals surface area contributed by atoms with Crippen LogP contribution >= 0.6 is 0 Å². The summed E-state index contributed by atoms with van der Waals surface area (Å²) in [6, 6.07) is 50.1. The topological polar surface area (TPSA) is 136 Å². The molecule has 0 unspecified atom stereocenters. The Bertz CT molecular complexity index is 2470. The van der Waals surface area contributed by atoms with E-state index in [1.165, 1.54) is 64.2 Å². The molecule has 0 aliphatic rings. The van der Waals surface area contributed by atoms with E-state index in [4.69, 9.17) is 39.4 Å². The summed E-state index contributed by atoms with van der Waals surface area (Å²) >= 11 is 0. The standard InChI is InChI=1S/C58H60N6O4/c65-49-41-47(57-61-53(43-27-17-13-18-28-43)59-54(62-57)44-29-19-14-20-30-44)35-37-51(49)67-39-25-11-9-7-5-3-1-2-4-6-8-10-12-26-40-68-52-38-36-48(42-50(52)66)58-63-55(45-31-21-15-22-32-45)60-56(64-58)46-33-23-16-24-34-46/h13-24,27-38,41-42,65-66H,1-12,25-26,39-40H2. The first kappa shape index (κ1) is 47.0. The lowest BCUT2D eigenvalue weighted by Crippen LogP contribution is -2.01. The number of aromatic hydroxyl groups is 2. The minimum Gasteiger partial charge on any atom is -0.504 e. The van der Waals surface area contributed by atoms with Crippen molar-refractivity contribution >= 4 is 0 Å². The Balaban J connectivity index is 0.659. The number of hydrogen-bond donors (Lipinski definition) is 2. The highest BCUT2D eigenvalue weighted by atomic mass is 16.5. The van der Waals surface area contributed by atoms with E-state index in [2.05, 4.69) is 0 Å². The molecule has 2 N–H and O–H groups in total. The van der Waals surface area contributed by atoms with Gasteiger partial charge in [-0.05, 0) is 49.2 Å². The van der Waals surface area contributed by atoms with Crippen LogP contribution in [-0.2, 0) is 0 Å². The Labute approximate surface area is 400 Å². The molecular formula is C58H60N6O4. The highest BCUT2D eigenvalue weighted by molar-refractivity contribution is 5.69. The van der Waals surface area contributed by atoms with Crippen LogP contribution in [0, 0.1) is 0 Å². The van der Waals surface area contributed by atoms with Crippen molar-refractivity contribution in [1.29, 1.82) is 0 Å². The maximum atomic E-state index is 10.9. The van der Waals surface area contributed by atoms with E-state index >= 15 is 0 Å². The number of ether oxygens (including phenoxy) is 2. The van der Waals surface area contributed by atoms with Gasteiger partial charge in [-0.2, -0.15) is 0 Å². The fourth-order valence-electron chi connectivity index (χ4n) is 8.12. The predicted molar refractivity (Wildman–Crippen MR) is 271 cm³/mol. The molecule has 6 aromatic carbocycles. The normalized spacial score (nSPS) is 11.1. The molecular weight excluding hydrogens is 845 g/mol. The third kappa shape index (κ3) is 13.6. The van der Waals surface area contributed by atoms with E-state index in [1.807, 2.05) is 133 Å². The molecule has 0 saturated heterocycles. The van der Waals surface area contributed by atoms with E-state index in [9.17, 15) is 10.2 Å². The van der Waals surface area contributed by atoms with Crippen LogP contribution in [0.3, 0.4) is 0 Å². The fraction of sp³-hybridized carbons (Fsp3) is 0.276. The summed E-state index contributed by atoms with van der Waals surface area (Å²) in [5.41, 5.74) is 4.98. The van der Waals surface area contributed by atoms with Crippen molar-refractivity contribution in [2.45, 2.75) is 89.9 Å². The van der Waals surface area contributed by atoms with Crippen LogP contribution in [0.5, 0.6) is 23.0 Å². The minimum absolute atomic E-state index is 0.0752. The molecule has 0 radical (unpaired) electrons. The molecule has 68 heavy (non-hydrogen) atoms. The Morgan fingerprint density at radius 3 is 0.750 bits per heavy atom. The molecule has 10 heteroatoms. The molecule has 0 aliphatic heterocycles. The zero-order chi connectivity index (χ0) is 46.6. The lowest BCUT2D eigenvalue weighted by molar-refractivity contribution is 0.288. The first-order chi connectivity index (χ1) is 33.6. The lowest BCUT2D eigenvalue weighted by Gasteiger charge is -2.11. The predicted octanol–water partition coefficient (Wildman–Crippen LogP) is 14.4. The quantitative estimate of drug-likeness (QED) is 0.0533. The van der Waals surface area contributed by atoms with Crippen LogP contribution in [0.15, 0.2) is 158 Å². The number of nitrogens with zero attached hydrogens (tertiary/aromatic N) is 6. The second-order valence-electron chi connectivity index (χ2n) is 17.1. The minimum atomic E-state index is 0.0752. The van der Waals surface area contributed by atoms with Gasteiger partial charge >= 0.3 is 0 Å². The van der Waals surface area contributed by atoms with Crippen LogP contribution in [0.1, 0.15) is 89.9 Å². The number of aromatic nitrogens is 6. The smallest absolute Gasteiger partial charge is 0.164 e. The summed E-state index contributed by atoms with van der Waals surface area (Å²) in [4.78, 5) is 28.6. The monoisotopic (exact) mass is 904 g/mol. The molecule has 0 atom stereocenters. The van der Waals surface area contributed by atoms with Crippen molar-refractivity contribution in [3.8, 4) is 91.3 Å². The highest BCUT2D eigenvalue weighted by Crippen LogP contribution is 2.34. The van der Waals surface area contributed by atoms with Gasteiger partial charge in [0.25, 0.3) is 0 Å². The third-order valence-corrected chi connectivity index (χ3v) is 11.9. The molecule has 8 rings (SSSR count). The van der Waals surface area contributed by atoms with Gasteiger partial charge in [-0.25, -0.2) is 29.9 Å². The lowest BCUT2D eigenvalue weighted by atomic mass is 10.0. The van der Waals surface area contributed by atoms with Crippen molar-refractivity contribution in [2.24, 2.45) is 0 Å². The molecule has 0 fully saturated rings. The average Bonchev–Trinajstić information content (AvgIpc) is 3.39. The first-order valence-corrected chi connectivity index (χ1v) is 24.2. The van der Waals surface area contributed by atoms with Gasteiger partial charge in [-0.1, -0.05) is 198 Å². The fourth-order valence-corrected chi connectivity index (χ4v) is 8.12. The number of phenols is 2. The van der Waals surface area contributed by atoms with Crippen LogP contribution in [-0.4, -0.2) is 53.3 Å². The molecule has 0 bridgehead atoms. The zero-order valence-electron chi connectivity index (χ0n) is 38.7. The number of benzene rings is 6. The largest absolute Gasteiger partial charge is 0.504 e. The van der Waals surface area contributed by atoms with Crippen molar-refractivity contribution in [2.75, 3.05) is 13.2 Å². The second kappa shape index (κ2) is 24.9. The van der Waals surface area contributed by atoms with E-state index in [0.717, 1.165) is 47.9 Å². The van der Waals surface area contributed by atoms with Crippen molar-refractivity contribution in [3.63, 3.8) is 0 Å². The van der Waals surface area contributed by atoms with E-state index in [0.29, 0.717) is 70.8 Å². The van der Waals surface area contributed by atoms with Crippen molar-refractivity contribution in [1.82, 2.24) is 29.9 Å². The molecule has 0 aliphatic carbocycles. The summed E-state index contributed by atoms with van der Waals surface area (Å²) in [5, 5.41) is 21.8. The van der Waals surface area contributed by atoms with Gasteiger partial charge in [0.1, 0.15) is 0 Å². The van der Waals surface area contributed by atoms with E-state index < -0.39 is 0 Å². The molecule has 0 amide bonds. The van der Waals surface area contributed by atoms with Gasteiger partial charge in [0.05, 0.1) is 13.2 Å². The van der Waals surface area contributed by atoms with Gasteiger partial charge in [-0.15, -0.1) is 0 Å². The zero-order valence-corrected chi connectivity index (χ0v) is 38.7. The van der Waals surface area contributed by atoms with Crippen molar-refractivity contribution < 1.29 is 19.7 Å². The number of phenolic OH excluding ortho intramolecular Hbond substituents is 2. The number of rotatable bonds is 25. The van der Waals surface area contributed by atoms with Crippen LogP contribution < -0.4 is 9.47 Å². The molecule has 2 heterocycles. The molecule has 346 valence electrons. The van der Waals surface area contributed by atoms with Gasteiger partial charge in [0.2, 0.25) is 0 Å². The van der Waals surface area contributed by atoms with E-state index in [1.54, 1.807) is 24.3 Å². The SMILES string of the molecule is Oc1cc(-c2nc(-c3ccccc3)nc(-c3ccccc3)n2)ccc1OCCCCCCCCCCCCCCCCOc1ccc(-c2nc(-c3ccccc3)nc(-c3ccccc3)n2)cc1O. The van der Waals surface area contributed by atoms with Crippen LogP contribution in [0.4, 0.5) is 0 Å². The highest BCUT2D eigenvalue weighted by Gasteiger charge is 2.16. The molecule has 8 aromatic rings. The summed E-state index contributed by atoms with van der Waals surface area (Å²) in [6.45, 7) is 1.13. The summed E-state index contributed by atoms with van der Waals surface area (Å²) < 4.78 is 11.9. The Kier molecular flexibility index (Phi) is 17.2. The molecule has 2 aromatic heterocycles. The number of hydrogen-bond acceptors (Lipinski definition) is 10. The Morgan fingerprint density at radius 1 is 0.265 bits per heavy atom. The Morgan fingerprint density at radius 2 is 0.500 bits per heavy atom. The second-order valence-corrected chi connectivity index (χ2v) is 17.1. The van der Waals surface area contributed by atoms with Crippen LogP contribution in [0.2, 0.25) is 0 Å². The first-order valence-electron chi connectivity index (χ1n) is 24.2. The van der Waals surface area contributed by atoms with Gasteiger partial charge in [-0.3, -0.25) is 0 Å². The van der Waals surface area contributed by atoms with Gasteiger partial charge < -0.3 is 19.7 Å². The Hall–Kier alpha value is -7.46. The molecule has 0 saturated carbocycles. The van der Waals surface area contributed by atoms with E-state index in [-0.39, 0.29) is 11.5 Å². The molecule has 0 spiro atoms. The maximum absolute atomic E-state index is 10.9. The third-order valence-electron chi connectivity index (χ3n) is 11.9. The summed E-state index contributed by atoms with van der Waals surface area (Å²) in [7, 11) is 0. The average molecular weight is 905 g/mol.